The largest absolute Gasteiger partial charge is 0.460 e. The van der Waals surface area contributed by atoms with Gasteiger partial charge in [0.25, 0.3) is 5.56 Å². The predicted molar refractivity (Wildman–Crippen MR) is 100 cm³/mol. The molecule has 0 bridgehead atoms. The number of carbonyl (C=O) groups excluding carboxylic acids is 1. The fourth-order valence-electron chi connectivity index (χ4n) is 3.13. The minimum atomic E-state index is -0.159. The molecule has 3 rings (SSSR count). The molecule has 0 aliphatic carbocycles. The van der Waals surface area contributed by atoms with Gasteiger partial charge in [-0.15, -0.1) is 0 Å². The van der Waals surface area contributed by atoms with E-state index in [0.717, 1.165) is 23.5 Å². The fraction of sp³-hybridized carbons (Fsp3) is 0.526. The Bertz CT molecular complexity index is 996. The van der Waals surface area contributed by atoms with Crippen LogP contribution in [0.4, 0.5) is 0 Å². The number of fused-ring (bicyclic) bond motifs is 3. The molecule has 0 aliphatic rings. The average molecular weight is 358 g/mol. The smallest absolute Gasteiger partial charge is 0.291 e. The molecule has 0 saturated carbocycles. The molecule has 0 spiro atoms. The molecule has 1 N–H and O–H groups in total. The van der Waals surface area contributed by atoms with Gasteiger partial charge in [0.2, 0.25) is 5.91 Å². The van der Waals surface area contributed by atoms with E-state index in [9.17, 15) is 9.59 Å². The number of furan rings is 1. The molecule has 0 saturated heterocycles. The van der Waals surface area contributed by atoms with Crippen molar-refractivity contribution >= 4 is 22.5 Å². The highest BCUT2D eigenvalue weighted by molar-refractivity contribution is 5.83. The Hall–Kier alpha value is -2.57. The van der Waals surface area contributed by atoms with Gasteiger partial charge in [-0.25, -0.2) is 4.68 Å². The van der Waals surface area contributed by atoms with Crippen LogP contribution in [-0.2, 0) is 17.8 Å². The highest BCUT2D eigenvalue weighted by Crippen LogP contribution is 2.23. The maximum atomic E-state index is 12.8. The SMILES string of the molecule is CCc1nn(CCCC(=O)N[C@H](C)CC)c(=O)c2cc3oc(C)cc3n12. The molecule has 1 amide bonds. The van der Waals surface area contributed by atoms with Crippen molar-refractivity contribution in [1.82, 2.24) is 19.5 Å². The maximum absolute atomic E-state index is 12.8. The molecule has 7 heteroatoms. The second-order valence-corrected chi connectivity index (χ2v) is 6.75. The van der Waals surface area contributed by atoms with Crippen molar-refractivity contribution in [3.05, 3.63) is 34.1 Å². The van der Waals surface area contributed by atoms with Gasteiger partial charge in [-0.05, 0) is 26.7 Å². The predicted octanol–water partition coefficient (Wildman–Crippen LogP) is 2.81. The van der Waals surface area contributed by atoms with Gasteiger partial charge < -0.3 is 9.73 Å². The summed E-state index contributed by atoms with van der Waals surface area (Å²) in [6, 6.07) is 3.87. The summed E-state index contributed by atoms with van der Waals surface area (Å²) in [4.78, 5) is 24.7. The van der Waals surface area contributed by atoms with E-state index in [4.69, 9.17) is 4.42 Å². The van der Waals surface area contributed by atoms with Crippen molar-refractivity contribution in [2.45, 2.75) is 66.0 Å². The van der Waals surface area contributed by atoms with Crippen LogP contribution >= 0.6 is 0 Å². The van der Waals surface area contributed by atoms with Gasteiger partial charge in [-0.3, -0.25) is 14.0 Å². The van der Waals surface area contributed by atoms with Crippen molar-refractivity contribution < 1.29 is 9.21 Å². The molecule has 1 atom stereocenters. The number of aryl methyl sites for hydroxylation is 3. The van der Waals surface area contributed by atoms with Crippen molar-refractivity contribution in [2.75, 3.05) is 0 Å². The summed E-state index contributed by atoms with van der Waals surface area (Å²) in [7, 11) is 0. The van der Waals surface area contributed by atoms with Crippen molar-refractivity contribution in [3.63, 3.8) is 0 Å². The Morgan fingerprint density at radius 2 is 2.08 bits per heavy atom. The molecular weight excluding hydrogens is 332 g/mol. The molecular formula is C19H26N4O3. The number of carbonyl (C=O) groups is 1. The van der Waals surface area contributed by atoms with E-state index in [-0.39, 0.29) is 17.5 Å². The lowest BCUT2D eigenvalue weighted by atomic mass is 10.2. The summed E-state index contributed by atoms with van der Waals surface area (Å²) < 4.78 is 9.00. The number of aromatic nitrogens is 3. The Balaban J connectivity index is 1.84. The van der Waals surface area contributed by atoms with Gasteiger partial charge in [0.1, 0.15) is 17.1 Å². The first-order chi connectivity index (χ1) is 12.4. The lowest BCUT2D eigenvalue weighted by Crippen LogP contribution is -2.32. The van der Waals surface area contributed by atoms with Crippen LogP contribution in [0.3, 0.4) is 0 Å². The summed E-state index contributed by atoms with van der Waals surface area (Å²) in [5, 5.41) is 7.46. The molecule has 3 aromatic rings. The number of hydrogen-bond donors (Lipinski definition) is 1. The summed E-state index contributed by atoms with van der Waals surface area (Å²) in [5.74, 6) is 1.63. The molecule has 0 fully saturated rings. The number of nitrogens with one attached hydrogen (secondary N) is 1. The average Bonchev–Trinajstić information content (AvgIpc) is 3.13. The van der Waals surface area contributed by atoms with E-state index in [1.165, 1.54) is 4.68 Å². The van der Waals surface area contributed by atoms with Crippen molar-refractivity contribution in [1.29, 1.82) is 0 Å². The van der Waals surface area contributed by atoms with Gasteiger partial charge in [0.15, 0.2) is 5.58 Å². The van der Waals surface area contributed by atoms with Crippen LogP contribution in [0.1, 0.15) is 51.6 Å². The maximum Gasteiger partial charge on any atom is 0.291 e. The van der Waals surface area contributed by atoms with Crippen LogP contribution in [0, 0.1) is 6.92 Å². The Morgan fingerprint density at radius 1 is 1.31 bits per heavy atom. The van der Waals surface area contributed by atoms with Crippen LogP contribution in [0.25, 0.3) is 16.6 Å². The highest BCUT2D eigenvalue weighted by atomic mass is 16.3. The first kappa shape index (κ1) is 18.2. The van der Waals surface area contributed by atoms with E-state index in [1.807, 2.05) is 38.2 Å². The topological polar surface area (TPSA) is 81.5 Å². The molecule has 7 nitrogen and oxygen atoms in total. The van der Waals surface area contributed by atoms with E-state index >= 15 is 0 Å². The monoisotopic (exact) mass is 358 g/mol. The molecule has 0 unspecified atom stereocenters. The summed E-state index contributed by atoms with van der Waals surface area (Å²) in [6.45, 7) is 8.33. The first-order valence-electron chi connectivity index (χ1n) is 9.25. The van der Waals surface area contributed by atoms with Crippen molar-refractivity contribution in [2.24, 2.45) is 0 Å². The second kappa shape index (κ2) is 7.35. The number of hydrogen-bond acceptors (Lipinski definition) is 4. The minimum Gasteiger partial charge on any atom is -0.460 e. The lowest BCUT2D eigenvalue weighted by molar-refractivity contribution is -0.121. The highest BCUT2D eigenvalue weighted by Gasteiger charge is 2.16. The Labute approximate surface area is 152 Å². The molecule has 3 heterocycles. The van der Waals surface area contributed by atoms with E-state index in [2.05, 4.69) is 10.4 Å². The van der Waals surface area contributed by atoms with Crippen LogP contribution in [0.15, 0.2) is 21.3 Å². The van der Waals surface area contributed by atoms with Crippen LogP contribution in [0.5, 0.6) is 0 Å². The molecule has 140 valence electrons. The third-order valence-electron chi connectivity index (χ3n) is 4.67. The molecule has 0 aliphatic heterocycles. The van der Waals surface area contributed by atoms with Gasteiger partial charge in [0, 0.05) is 37.6 Å². The van der Waals surface area contributed by atoms with Crippen molar-refractivity contribution in [3.8, 4) is 0 Å². The minimum absolute atomic E-state index is 0.0138. The number of rotatable bonds is 7. The Morgan fingerprint density at radius 3 is 2.77 bits per heavy atom. The van der Waals surface area contributed by atoms with Gasteiger partial charge >= 0.3 is 0 Å². The quantitative estimate of drug-likeness (QED) is 0.704. The van der Waals surface area contributed by atoms with E-state index in [0.29, 0.717) is 36.9 Å². The third-order valence-corrected chi connectivity index (χ3v) is 4.67. The molecule has 0 radical (unpaired) electrons. The Kier molecular flexibility index (Phi) is 5.15. The number of nitrogens with zero attached hydrogens (tertiary/aromatic N) is 3. The van der Waals surface area contributed by atoms with E-state index < -0.39 is 0 Å². The molecule has 0 aromatic carbocycles. The van der Waals surface area contributed by atoms with Crippen LogP contribution in [0.2, 0.25) is 0 Å². The van der Waals surface area contributed by atoms with Crippen LogP contribution in [-0.4, -0.2) is 26.1 Å². The summed E-state index contributed by atoms with van der Waals surface area (Å²) >= 11 is 0. The lowest BCUT2D eigenvalue weighted by Gasteiger charge is -2.12. The molecule has 3 aromatic heterocycles. The second-order valence-electron chi connectivity index (χ2n) is 6.75. The fourth-order valence-corrected chi connectivity index (χ4v) is 3.13. The number of amides is 1. The zero-order valence-electron chi connectivity index (χ0n) is 15.8. The van der Waals surface area contributed by atoms with Gasteiger partial charge in [-0.2, -0.15) is 5.10 Å². The zero-order valence-corrected chi connectivity index (χ0v) is 15.8. The van der Waals surface area contributed by atoms with Gasteiger partial charge in [0.05, 0.1) is 5.52 Å². The van der Waals surface area contributed by atoms with E-state index in [1.54, 1.807) is 6.07 Å². The first-order valence-corrected chi connectivity index (χ1v) is 9.25. The summed E-state index contributed by atoms with van der Waals surface area (Å²) in [5.41, 5.74) is 1.98. The summed E-state index contributed by atoms with van der Waals surface area (Å²) in [6.07, 6.45) is 2.55. The van der Waals surface area contributed by atoms with Gasteiger partial charge in [-0.1, -0.05) is 13.8 Å². The normalized spacial score (nSPS) is 12.8. The third kappa shape index (κ3) is 3.38. The van der Waals surface area contributed by atoms with Crippen LogP contribution < -0.4 is 10.9 Å². The zero-order chi connectivity index (χ0) is 18.8. The standard InChI is InChI=1S/C19H26N4O3/c1-5-12(3)20-18(24)8-7-9-22-19(25)15-11-16-14(10-13(4)26-16)23(15)17(6-2)21-22/h10-12H,5-9H2,1-4H3,(H,20,24)/t12-/m1/s1. The molecule has 26 heavy (non-hydrogen) atoms.